The van der Waals surface area contributed by atoms with E-state index in [1.165, 1.54) is 0 Å². The van der Waals surface area contributed by atoms with Crippen LogP contribution in [0.4, 0.5) is 0 Å². The van der Waals surface area contributed by atoms with Gasteiger partial charge >= 0.3 is 0 Å². The number of para-hydroxylation sites is 1. The smallest absolute Gasteiger partial charge is 0.211 e. The number of rotatable bonds is 6. The molecule has 26 heavy (non-hydrogen) atoms. The molecule has 0 aliphatic rings. The van der Waals surface area contributed by atoms with E-state index in [0.717, 1.165) is 26.3 Å². The monoisotopic (exact) mass is 371 g/mol. The van der Waals surface area contributed by atoms with E-state index in [4.69, 9.17) is 14.2 Å². The lowest BCUT2D eigenvalue weighted by Crippen LogP contribution is -2.09. The number of nitrogens with zero attached hydrogens (tertiary/aromatic N) is 3. The first-order valence-electron chi connectivity index (χ1n) is 8.18. The molecule has 0 fully saturated rings. The number of ether oxygens (including phenoxy) is 3. The Morgan fingerprint density at radius 1 is 1.15 bits per heavy atom. The van der Waals surface area contributed by atoms with E-state index < -0.39 is 0 Å². The number of aromatic nitrogens is 1. The Bertz CT molecular complexity index is 1000. The third-order valence-electron chi connectivity index (χ3n) is 3.87. The quantitative estimate of drug-likeness (QED) is 0.491. The van der Waals surface area contributed by atoms with Gasteiger partial charge in [0.25, 0.3) is 0 Å². The van der Waals surface area contributed by atoms with E-state index in [-0.39, 0.29) is 0 Å². The van der Waals surface area contributed by atoms with Gasteiger partial charge in [0.15, 0.2) is 11.5 Å². The summed E-state index contributed by atoms with van der Waals surface area (Å²) in [4.78, 5) is 0.798. The maximum Gasteiger partial charge on any atom is 0.211 e. The molecule has 0 spiro atoms. The summed E-state index contributed by atoms with van der Waals surface area (Å²) in [6, 6.07) is 11.7. The minimum absolute atomic E-state index is 0.635. The summed E-state index contributed by atoms with van der Waals surface area (Å²) >= 11 is 1.56. The number of methoxy groups -OCH3 is 2. The fourth-order valence-corrected chi connectivity index (χ4v) is 3.63. The maximum absolute atomic E-state index is 5.56. The Kier molecular flexibility index (Phi) is 5.58. The lowest BCUT2D eigenvalue weighted by Gasteiger charge is -2.08. The Morgan fingerprint density at radius 2 is 2.00 bits per heavy atom. The van der Waals surface area contributed by atoms with Crippen LogP contribution in [-0.2, 0) is 7.05 Å². The number of thiazole rings is 1. The molecule has 3 aromatic rings. The second-order valence-electron chi connectivity index (χ2n) is 5.43. The van der Waals surface area contributed by atoms with Gasteiger partial charge in [-0.05, 0) is 37.3 Å². The predicted octanol–water partition coefficient (Wildman–Crippen LogP) is 3.59. The van der Waals surface area contributed by atoms with Crippen LogP contribution in [0.25, 0.3) is 10.2 Å². The molecule has 0 aliphatic heterocycles. The summed E-state index contributed by atoms with van der Waals surface area (Å²) in [7, 11) is 5.19. The molecule has 1 aromatic heterocycles. The minimum Gasteiger partial charge on any atom is -0.494 e. The van der Waals surface area contributed by atoms with Crippen molar-refractivity contribution in [2.75, 3.05) is 20.8 Å². The minimum atomic E-state index is 0.635. The largest absolute Gasteiger partial charge is 0.494 e. The second-order valence-corrected chi connectivity index (χ2v) is 6.44. The molecule has 0 aliphatic carbocycles. The third-order valence-corrected chi connectivity index (χ3v) is 4.95. The van der Waals surface area contributed by atoms with Gasteiger partial charge in [0.1, 0.15) is 5.75 Å². The zero-order valence-electron chi connectivity index (χ0n) is 15.2. The van der Waals surface area contributed by atoms with Gasteiger partial charge in [-0.2, -0.15) is 5.10 Å². The molecular weight excluding hydrogens is 350 g/mol. The van der Waals surface area contributed by atoms with E-state index in [1.807, 2.05) is 54.9 Å². The predicted molar refractivity (Wildman–Crippen MR) is 105 cm³/mol. The number of hydrogen-bond acceptors (Lipinski definition) is 6. The van der Waals surface area contributed by atoms with Crippen molar-refractivity contribution in [1.29, 1.82) is 0 Å². The van der Waals surface area contributed by atoms with Crippen molar-refractivity contribution >= 4 is 27.8 Å². The average Bonchev–Trinajstić information content (AvgIpc) is 2.97. The zero-order chi connectivity index (χ0) is 18.5. The summed E-state index contributed by atoms with van der Waals surface area (Å²) in [5.41, 5.74) is 1.89. The van der Waals surface area contributed by atoms with Gasteiger partial charge < -0.3 is 18.8 Å². The number of hydrogen-bond donors (Lipinski definition) is 0. The van der Waals surface area contributed by atoms with Crippen molar-refractivity contribution in [2.24, 2.45) is 17.3 Å². The van der Waals surface area contributed by atoms with Crippen LogP contribution >= 0.6 is 11.3 Å². The number of benzene rings is 2. The molecular formula is C19H21N3O3S. The highest BCUT2D eigenvalue weighted by atomic mass is 32.1. The lowest BCUT2D eigenvalue weighted by molar-refractivity contribution is 0.341. The first kappa shape index (κ1) is 18.0. The molecule has 0 radical (unpaired) electrons. The van der Waals surface area contributed by atoms with Crippen molar-refractivity contribution < 1.29 is 14.2 Å². The summed E-state index contributed by atoms with van der Waals surface area (Å²) in [5.74, 6) is 2.15. The normalized spacial score (nSPS) is 12.1. The molecule has 0 amide bonds. The van der Waals surface area contributed by atoms with E-state index in [0.29, 0.717) is 18.1 Å². The van der Waals surface area contributed by atoms with Crippen LogP contribution in [0, 0.1) is 0 Å². The van der Waals surface area contributed by atoms with Crippen molar-refractivity contribution in [1.82, 2.24) is 4.57 Å². The van der Waals surface area contributed by atoms with Crippen LogP contribution in [0.5, 0.6) is 17.2 Å². The Balaban J connectivity index is 1.96. The van der Waals surface area contributed by atoms with Crippen molar-refractivity contribution in [2.45, 2.75) is 6.92 Å². The SMILES string of the molecule is CCOc1ccc2c(c1)sc(=NN=Cc1cccc(OC)c1OC)n2C. The highest BCUT2D eigenvalue weighted by molar-refractivity contribution is 7.16. The average molecular weight is 371 g/mol. The lowest BCUT2D eigenvalue weighted by atomic mass is 10.2. The van der Waals surface area contributed by atoms with Crippen LogP contribution in [0.2, 0.25) is 0 Å². The first-order chi connectivity index (χ1) is 12.7. The van der Waals surface area contributed by atoms with Crippen LogP contribution in [0.3, 0.4) is 0 Å². The van der Waals surface area contributed by atoms with E-state index >= 15 is 0 Å². The summed E-state index contributed by atoms with van der Waals surface area (Å²) in [5, 5.41) is 8.59. The zero-order valence-corrected chi connectivity index (χ0v) is 16.0. The summed E-state index contributed by atoms with van der Waals surface area (Å²) in [6.45, 7) is 2.62. The van der Waals surface area contributed by atoms with Crippen molar-refractivity contribution in [3.05, 3.63) is 46.8 Å². The molecule has 0 N–H and O–H groups in total. The third kappa shape index (κ3) is 3.57. The summed E-state index contributed by atoms with van der Waals surface area (Å²) in [6.07, 6.45) is 1.66. The molecule has 0 saturated carbocycles. The maximum atomic E-state index is 5.56. The topological polar surface area (TPSA) is 57.3 Å². The molecule has 3 rings (SSSR count). The van der Waals surface area contributed by atoms with Gasteiger partial charge in [-0.15, -0.1) is 5.10 Å². The molecule has 0 unspecified atom stereocenters. The van der Waals surface area contributed by atoms with Crippen LogP contribution < -0.4 is 19.0 Å². The molecule has 0 saturated heterocycles. The van der Waals surface area contributed by atoms with E-state index in [2.05, 4.69) is 10.2 Å². The van der Waals surface area contributed by atoms with E-state index in [9.17, 15) is 0 Å². The molecule has 0 bridgehead atoms. The Morgan fingerprint density at radius 3 is 2.73 bits per heavy atom. The van der Waals surface area contributed by atoms with Crippen LogP contribution in [0.15, 0.2) is 46.6 Å². The highest BCUT2D eigenvalue weighted by Crippen LogP contribution is 2.29. The van der Waals surface area contributed by atoms with E-state index in [1.54, 1.807) is 31.8 Å². The molecule has 6 nitrogen and oxygen atoms in total. The molecule has 7 heteroatoms. The van der Waals surface area contributed by atoms with Gasteiger partial charge in [-0.25, -0.2) is 0 Å². The molecule has 0 atom stereocenters. The highest BCUT2D eigenvalue weighted by Gasteiger charge is 2.07. The number of aryl methyl sites for hydroxylation is 1. The second kappa shape index (κ2) is 8.05. The standard InChI is InChI=1S/C19H21N3O3S/c1-5-25-14-9-10-15-17(11-14)26-19(22(15)2)21-20-12-13-7-6-8-16(23-3)18(13)24-4/h6-12H,5H2,1-4H3. The molecule has 136 valence electrons. The van der Waals surface area contributed by atoms with Crippen molar-refractivity contribution in [3.63, 3.8) is 0 Å². The van der Waals surface area contributed by atoms with Gasteiger partial charge in [0, 0.05) is 12.6 Å². The fraction of sp³-hybridized carbons (Fsp3) is 0.263. The Hall–Kier alpha value is -2.80. The van der Waals surface area contributed by atoms with Gasteiger partial charge in [-0.3, -0.25) is 0 Å². The molecule has 2 aromatic carbocycles. The van der Waals surface area contributed by atoms with Crippen molar-refractivity contribution in [3.8, 4) is 17.2 Å². The molecule has 1 heterocycles. The van der Waals surface area contributed by atoms with Gasteiger partial charge in [0.2, 0.25) is 4.80 Å². The van der Waals surface area contributed by atoms with Gasteiger partial charge in [-0.1, -0.05) is 17.4 Å². The van der Waals surface area contributed by atoms with Crippen LogP contribution in [0.1, 0.15) is 12.5 Å². The number of fused-ring (bicyclic) bond motifs is 1. The first-order valence-corrected chi connectivity index (χ1v) is 9.00. The van der Waals surface area contributed by atoms with Gasteiger partial charge in [0.05, 0.1) is 37.3 Å². The fourth-order valence-electron chi connectivity index (χ4n) is 2.62. The Labute approximate surface area is 156 Å². The summed E-state index contributed by atoms with van der Waals surface area (Å²) < 4.78 is 19.4. The van der Waals surface area contributed by atoms with Crippen LogP contribution in [-0.4, -0.2) is 31.6 Å².